The van der Waals surface area contributed by atoms with E-state index in [9.17, 15) is 9.18 Å². The van der Waals surface area contributed by atoms with Crippen molar-refractivity contribution < 1.29 is 23.4 Å². The van der Waals surface area contributed by atoms with Gasteiger partial charge in [-0.3, -0.25) is 9.69 Å². The molecular weight excluding hydrogens is 591 g/mol. The van der Waals surface area contributed by atoms with Gasteiger partial charge in [0.1, 0.15) is 41.5 Å². The van der Waals surface area contributed by atoms with Crippen LogP contribution in [0.25, 0.3) is 16.6 Å². The fourth-order valence-electron chi connectivity index (χ4n) is 5.48. The molecule has 2 aromatic carbocycles. The minimum Gasteiger partial charge on any atom is -0.494 e. The van der Waals surface area contributed by atoms with Gasteiger partial charge in [0.25, 0.3) is 5.91 Å². The van der Waals surface area contributed by atoms with Gasteiger partial charge in [0, 0.05) is 35.8 Å². The fourth-order valence-corrected chi connectivity index (χ4v) is 5.48. The second kappa shape index (κ2) is 12.2. The quantitative estimate of drug-likeness (QED) is 0.180. The van der Waals surface area contributed by atoms with Crippen LogP contribution in [-0.2, 0) is 4.79 Å². The molecular formula is C33H33FN8O4. The molecule has 1 aliphatic heterocycles. The number of halogens is 1. The van der Waals surface area contributed by atoms with E-state index in [0.29, 0.717) is 56.7 Å². The highest BCUT2D eigenvalue weighted by Crippen LogP contribution is 2.41. The first-order valence-electron chi connectivity index (χ1n) is 15.1. The van der Waals surface area contributed by atoms with Crippen LogP contribution in [0.15, 0.2) is 67.2 Å². The summed E-state index contributed by atoms with van der Waals surface area (Å²) >= 11 is 0. The second-order valence-electron chi connectivity index (χ2n) is 11.5. The largest absolute Gasteiger partial charge is 0.494 e. The fraction of sp³-hybridized carbons (Fsp3) is 0.303. The normalized spacial score (nSPS) is 17.0. The summed E-state index contributed by atoms with van der Waals surface area (Å²) in [6.45, 7) is 2.81. The molecule has 46 heavy (non-hydrogen) atoms. The topological polar surface area (TPSA) is 128 Å². The molecule has 2 aliphatic rings. The van der Waals surface area contributed by atoms with E-state index in [0.717, 1.165) is 37.8 Å². The first kappa shape index (κ1) is 29.4. The number of fused-ring (bicyclic) bond motifs is 2. The molecule has 4 heterocycles. The number of amides is 1. The molecule has 1 unspecified atom stereocenters. The first-order valence-corrected chi connectivity index (χ1v) is 15.1. The highest BCUT2D eigenvalue weighted by Gasteiger charge is 2.26. The standard InChI is InChI=1S/C33H33FN8O4/c1-19-11-26(30(45-21-6-7-21)16-28(19)46-22-8-10-42-31(13-22)36-18-38-42)39-32-23-14-27(29(44-3)15-25(23)35-17-37-32)40-33(43)24(34)12-20-5-4-9-41(20)2/h8,10-18,20-21H,4-7,9H2,1-3H3,(H,40,43)(H,35,37,39)/b24-12+. The summed E-state index contributed by atoms with van der Waals surface area (Å²) in [6.07, 6.45) is 9.90. The summed E-state index contributed by atoms with van der Waals surface area (Å²) < 4.78 is 34.7. The lowest BCUT2D eigenvalue weighted by Gasteiger charge is -2.18. The molecule has 5 aromatic rings. The van der Waals surface area contributed by atoms with E-state index in [4.69, 9.17) is 14.2 Å². The smallest absolute Gasteiger partial charge is 0.284 e. The van der Waals surface area contributed by atoms with Crippen molar-refractivity contribution in [3.63, 3.8) is 0 Å². The van der Waals surface area contributed by atoms with E-state index in [2.05, 4.69) is 30.7 Å². The molecule has 0 bridgehead atoms. The van der Waals surface area contributed by atoms with E-state index in [1.807, 2.05) is 43.1 Å². The maximum atomic E-state index is 15.0. The lowest BCUT2D eigenvalue weighted by molar-refractivity contribution is -0.114. The zero-order chi connectivity index (χ0) is 31.8. The number of carbonyl (C=O) groups excluding carboxylic acids is 1. The molecule has 1 saturated heterocycles. The number of hydrogen-bond donors (Lipinski definition) is 2. The summed E-state index contributed by atoms with van der Waals surface area (Å²) in [7, 11) is 3.40. The number of aryl methyl sites for hydroxylation is 1. The molecule has 0 spiro atoms. The van der Waals surface area contributed by atoms with Crippen molar-refractivity contribution in [2.75, 3.05) is 31.3 Å². The van der Waals surface area contributed by atoms with Gasteiger partial charge in [0.05, 0.1) is 30.1 Å². The van der Waals surface area contributed by atoms with Gasteiger partial charge >= 0.3 is 0 Å². The third-order valence-corrected chi connectivity index (χ3v) is 8.17. The number of rotatable bonds is 10. The number of anilines is 3. The van der Waals surface area contributed by atoms with Crippen molar-refractivity contribution in [1.82, 2.24) is 29.5 Å². The number of nitrogens with one attached hydrogen (secondary N) is 2. The van der Waals surface area contributed by atoms with Gasteiger partial charge in [-0.25, -0.2) is 23.9 Å². The average Bonchev–Trinajstić information content (AvgIpc) is 3.59. The zero-order valence-corrected chi connectivity index (χ0v) is 25.7. The van der Waals surface area contributed by atoms with Crippen LogP contribution >= 0.6 is 0 Å². The maximum absolute atomic E-state index is 15.0. The molecule has 1 aliphatic carbocycles. The number of carbonyl (C=O) groups is 1. The number of hydrogen-bond acceptors (Lipinski definition) is 10. The number of nitrogens with zero attached hydrogens (tertiary/aromatic N) is 6. The van der Waals surface area contributed by atoms with Gasteiger partial charge in [0.15, 0.2) is 11.5 Å². The molecule has 7 rings (SSSR count). The van der Waals surface area contributed by atoms with Gasteiger partial charge in [0.2, 0.25) is 0 Å². The highest BCUT2D eigenvalue weighted by atomic mass is 19.1. The third kappa shape index (κ3) is 6.13. The molecule has 1 saturated carbocycles. The van der Waals surface area contributed by atoms with Crippen LogP contribution < -0.4 is 24.8 Å². The molecule has 3 aromatic heterocycles. The summed E-state index contributed by atoms with van der Waals surface area (Å²) in [4.78, 5) is 28.0. The van der Waals surface area contributed by atoms with Crippen molar-refractivity contribution >= 4 is 39.6 Å². The van der Waals surface area contributed by atoms with Gasteiger partial charge in [-0.15, -0.1) is 0 Å². The summed E-state index contributed by atoms with van der Waals surface area (Å²) in [6, 6.07) is 10.7. The Hall–Kier alpha value is -5.30. The zero-order valence-electron chi connectivity index (χ0n) is 25.7. The van der Waals surface area contributed by atoms with E-state index >= 15 is 0 Å². The molecule has 1 atom stereocenters. The lowest BCUT2D eigenvalue weighted by atomic mass is 10.1. The number of benzene rings is 2. The number of aromatic nitrogens is 5. The molecule has 12 nitrogen and oxygen atoms in total. The Balaban J connectivity index is 1.19. The molecule has 13 heteroatoms. The maximum Gasteiger partial charge on any atom is 0.284 e. The molecule has 2 fully saturated rings. The van der Waals surface area contributed by atoms with Crippen molar-refractivity contribution in [3.8, 4) is 23.0 Å². The van der Waals surface area contributed by atoms with Gasteiger partial charge in [-0.2, -0.15) is 5.10 Å². The number of pyridine rings is 1. The predicted molar refractivity (Wildman–Crippen MR) is 171 cm³/mol. The average molecular weight is 625 g/mol. The van der Waals surface area contributed by atoms with Crippen LogP contribution in [0.1, 0.15) is 31.2 Å². The van der Waals surface area contributed by atoms with Crippen LogP contribution in [0.5, 0.6) is 23.0 Å². The van der Waals surface area contributed by atoms with Crippen LogP contribution in [0.4, 0.5) is 21.6 Å². The highest BCUT2D eigenvalue weighted by molar-refractivity contribution is 6.05. The summed E-state index contributed by atoms with van der Waals surface area (Å²) in [5.74, 6) is 0.973. The predicted octanol–water partition coefficient (Wildman–Crippen LogP) is 5.95. The number of likely N-dealkylation sites (tertiary alicyclic amines) is 1. The number of ether oxygens (including phenoxy) is 3. The second-order valence-corrected chi connectivity index (χ2v) is 11.5. The number of methoxy groups -OCH3 is 1. The molecule has 236 valence electrons. The molecule has 1 amide bonds. The van der Waals surface area contributed by atoms with E-state index < -0.39 is 11.7 Å². The van der Waals surface area contributed by atoms with E-state index in [-0.39, 0.29) is 12.1 Å². The first-order chi connectivity index (χ1) is 22.3. The Morgan fingerprint density at radius 2 is 1.89 bits per heavy atom. The third-order valence-electron chi connectivity index (χ3n) is 8.17. The van der Waals surface area contributed by atoms with Crippen LogP contribution in [0, 0.1) is 6.92 Å². The van der Waals surface area contributed by atoms with Crippen LogP contribution in [0.2, 0.25) is 0 Å². The number of likely N-dealkylation sites (N-methyl/N-ethyl adjacent to an activating group) is 1. The van der Waals surface area contributed by atoms with Gasteiger partial charge < -0.3 is 24.8 Å². The van der Waals surface area contributed by atoms with E-state index in [1.54, 1.807) is 22.8 Å². The summed E-state index contributed by atoms with van der Waals surface area (Å²) in [5, 5.41) is 10.8. The minimum absolute atomic E-state index is 0.113. The molecule has 2 N–H and O–H groups in total. The van der Waals surface area contributed by atoms with Crippen molar-refractivity contribution in [1.29, 1.82) is 0 Å². The Labute approximate surface area is 264 Å². The van der Waals surface area contributed by atoms with E-state index in [1.165, 1.54) is 25.8 Å². The van der Waals surface area contributed by atoms with Crippen LogP contribution in [0.3, 0.4) is 0 Å². The van der Waals surface area contributed by atoms with Crippen molar-refractivity contribution in [3.05, 3.63) is 72.7 Å². The Bertz CT molecular complexity index is 1970. The molecule has 0 radical (unpaired) electrons. The minimum atomic E-state index is -0.848. The van der Waals surface area contributed by atoms with Crippen molar-refractivity contribution in [2.45, 2.75) is 44.8 Å². The van der Waals surface area contributed by atoms with Gasteiger partial charge in [-0.05, 0) is 76.0 Å². The SMILES string of the molecule is COc1cc2ncnc(Nc3cc(C)c(Oc4ccn5ncnc5c4)cc3OC3CC3)c2cc1NC(=O)/C(F)=C\C1CCCN1C. The lowest BCUT2D eigenvalue weighted by Crippen LogP contribution is -2.24. The van der Waals surface area contributed by atoms with Crippen LogP contribution in [-0.4, -0.2) is 68.2 Å². The summed E-state index contributed by atoms with van der Waals surface area (Å²) in [5.41, 5.74) is 3.07. The Kier molecular flexibility index (Phi) is 7.83. The van der Waals surface area contributed by atoms with Gasteiger partial charge in [-0.1, -0.05) is 0 Å². The van der Waals surface area contributed by atoms with Crippen molar-refractivity contribution in [2.24, 2.45) is 0 Å². The monoisotopic (exact) mass is 624 g/mol. The Morgan fingerprint density at radius 3 is 2.67 bits per heavy atom. The Morgan fingerprint density at radius 1 is 1.02 bits per heavy atom.